The number of hydrogen-bond donors (Lipinski definition) is 2. The van der Waals surface area contributed by atoms with E-state index >= 15 is 0 Å². The zero-order chi connectivity index (χ0) is 13.0. The minimum Gasteiger partial charge on any atom is -0.399 e. The maximum Gasteiger partial charge on any atom is 0.251 e. The van der Waals surface area contributed by atoms with Gasteiger partial charge in [0.15, 0.2) is 0 Å². The van der Waals surface area contributed by atoms with Crippen LogP contribution in [0, 0.1) is 6.92 Å². The van der Waals surface area contributed by atoms with Crippen LogP contribution in [0.3, 0.4) is 0 Å². The smallest absolute Gasteiger partial charge is 0.251 e. The summed E-state index contributed by atoms with van der Waals surface area (Å²) in [6.45, 7) is 4.71. The minimum absolute atomic E-state index is 0.0656. The van der Waals surface area contributed by atoms with Gasteiger partial charge in [0.25, 0.3) is 5.91 Å². The molecule has 0 aliphatic carbocycles. The van der Waals surface area contributed by atoms with Crippen molar-refractivity contribution in [2.75, 3.05) is 26.4 Å². The largest absolute Gasteiger partial charge is 0.399 e. The summed E-state index contributed by atoms with van der Waals surface area (Å²) in [5.74, 6) is -0.0656. The van der Waals surface area contributed by atoms with E-state index < -0.39 is 0 Å². The molecular formula is C13H21N3O. The number of nitrogen functional groups attached to an aromatic ring is 1. The van der Waals surface area contributed by atoms with Crippen molar-refractivity contribution in [3.8, 4) is 0 Å². The Kier molecular flexibility index (Phi) is 4.52. The van der Waals surface area contributed by atoms with Crippen molar-refractivity contribution in [1.29, 1.82) is 0 Å². The number of rotatable bonds is 4. The zero-order valence-corrected chi connectivity index (χ0v) is 10.9. The molecule has 94 valence electrons. The molecule has 0 saturated carbocycles. The molecule has 1 unspecified atom stereocenters. The third-order valence-electron chi connectivity index (χ3n) is 2.52. The lowest BCUT2D eigenvalue weighted by Crippen LogP contribution is -2.39. The van der Waals surface area contributed by atoms with Crippen LogP contribution in [0.15, 0.2) is 18.2 Å². The fraction of sp³-hybridized carbons (Fsp3) is 0.462. The first-order valence-corrected chi connectivity index (χ1v) is 5.72. The molecule has 0 saturated heterocycles. The Morgan fingerprint density at radius 2 is 2.12 bits per heavy atom. The highest BCUT2D eigenvalue weighted by Gasteiger charge is 2.12. The van der Waals surface area contributed by atoms with Crippen LogP contribution in [0.1, 0.15) is 22.8 Å². The molecule has 1 atom stereocenters. The molecule has 1 aromatic rings. The molecule has 0 radical (unpaired) electrons. The summed E-state index contributed by atoms with van der Waals surface area (Å²) in [4.78, 5) is 14.1. The highest BCUT2D eigenvalue weighted by atomic mass is 16.1. The van der Waals surface area contributed by atoms with Crippen LogP contribution < -0.4 is 11.1 Å². The Morgan fingerprint density at radius 3 is 2.71 bits per heavy atom. The average Bonchev–Trinajstić information content (AvgIpc) is 2.20. The number of nitrogens with zero attached hydrogens (tertiary/aromatic N) is 1. The number of amides is 1. The van der Waals surface area contributed by atoms with Gasteiger partial charge < -0.3 is 16.0 Å². The quantitative estimate of drug-likeness (QED) is 0.772. The maximum absolute atomic E-state index is 12.0. The molecule has 4 nitrogen and oxygen atoms in total. The van der Waals surface area contributed by atoms with E-state index in [1.807, 2.05) is 38.9 Å². The van der Waals surface area contributed by atoms with Crippen LogP contribution in [-0.4, -0.2) is 37.5 Å². The first kappa shape index (κ1) is 13.5. The van der Waals surface area contributed by atoms with Gasteiger partial charge in [0.2, 0.25) is 0 Å². The van der Waals surface area contributed by atoms with E-state index in [4.69, 9.17) is 5.73 Å². The summed E-state index contributed by atoms with van der Waals surface area (Å²) in [5.41, 5.74) is 7.89. The molecule has 0 aromatic heterocycles. The van der Waals surface area contributed by atoms with Crippen LogP contribution in [0.2, 0.25) is 0 Å². The van der Waals surface area contributed by atoms with E-state index in [0.29, 0.717) is 11.3 Å². The SMILES string of the molecule is Cc1ccc(N)cc1C(=O)NC(C)CN(C)C. The van der Waals surface area contributed by atoms with Gasteiger partial charge in [-0.05, 0) is 45.6 Å². The second kappa shape index (κ2) is 5.68. The lowest BCUT2D eigenvalue weighted by Gasteiger charge is -2.19. The number of nitrogens with two attached hydrogens (primary N) is 1. The number of nitrogens with one attached hydrogen (secondary N) is 1. The molecular weight excluding hydrogens is 214 g/mol. The lowest BCUT2D eigenvalue weighted by molar-refractivity contribution is 0.0934. The van der Waals surface area contributed by atoms with Gasteiger partial charge in [-0.25, -0.2) is 0 Å². The molecule has 1 amide bonds. The Hall–Kier alpha value is -1.55. The first-order valence-electron chi connectivity index (χ1n) is 5.72. The molecule has 4 heteroatoms. The molecule has 1 rings (SSSR count). The van der Waals surface area contributed by atoms with Crippen molar-refractivity contribution in [3.63, 3.8) is 0 Å². The van der Waals surface area contributed by atoms with E-state index in [2.05, 4.69) is 5.32 Å². The number of carbonyl (C=O) groups excluding carboxylic acids is 1. The topological polar surface area (TPSA) is 58.4 Å². The summed E-state index contributed by atoms with van der Waals surface area (Å²) >= 11 is 0. The molecule has 17 heavy (non-hydrogen) atoms. The van der Waals surface area contributed by atoms with Crippen molar-refractivity contribution in [2.24, 2.45) is 0 Å². The van der Waals surface area contributed by atoms with Crippen LogP contribution in [0.4, 0.5) is 5.69 Å². The molecule has 0 fully saturated rings. The minimum atomic E-state index is -0.0656. The molecule has 0 spiro atoms. The summed E-state index contributed by atoms with van der Waals surface area (Å²) in [7, 11) is 3.96. The van der Waals surface area contributed by atoms with Crippen molar-refractivity contribution in [3.05, 3.63) is 29.3 Å². The van der Waals surface area contributed by atoms with Crippen LogP contribution >= 0.6 is 0 Å². The monoisotopic (exact) mass is 235 g/mol. The van der Waals surface area contributed by atoms with E-state index in [0.717, 1.165) is 12.1 Å². The molecule has 3 N–H and O–H groups in total. The third kappa shape index (κ3) is 4.07. The van der Waals surface area contributed by atoms with E-state index in [1.54, 1.807) is 12.1 Å². The van der Waals surface area contributed by atoms with Gasteiger partial charge in [-0.1, -0.05) is 6.07 Å². The normalized spacial score (nSPS) is 12.5. The fourth-order valence-corrected chi connectivity index (χ4v) is 1.78. The van der Waals surface area contributed by atoms with Crippen LogP contribution in [0.25, 0.3) is 0 Å². The zero-order valence-electron chi connectivity index (χ0n) is 10.9. The number of anilines is 1. The molecule has 0 aliphatic heterocycles. The van der Waals surface area contributed by atoms with Gasteiger partial charge in [-0.3, -0.25) is 4.79 Å². The van der Waals surface area contributed by atoms with Crippen molar-refractivity contribution in [2.45, 2.75) is 19.9 Å². The number of carbonyl (C=O) groups is 1. The number of benzene rings is 1. The molecule has 1 aromatic carbocycles. The van der Waals surface area contributed by atoms with Crippen molar-refractivity contribution < 1.29 is 4.79 Å². The van der Waals surface area contributed by atoms with Gasteiger partial charge >= 0.3 is 0 Å². The lowest BCUT2D eigenvalue weighted by atomic mass is 10.1. The number of likely N-dealkylation sites (N-methyl/N-ethyl adjacent to an activating group) is 1. The maximum atomic E-state index is 12.0. The second-order valence-electron chi connectivity index (χ2n) is 4.71. The highest BCUT2D eigenvalue weighted by molar-refractivity contribution is 5.96. The summed E-state index contributed by atoms with van der Waals surface area (Å²) < 4.78 is 0. The standard InChI is InChI=1S/C13H21N3O/c1-9-5-6-11(14)7-12(9)13(17)15-10(2)8-16(3)4/h5-7,10H,8,14H2,1-4H3,(H,15,17). The number of aryl methyl sites for hydroxylation is 1. The van der Waals surface area contributed by atoms with Crippen molar-refractivity contribution in [1.82, 2.24) is 10.2 Å². The highest BCUT2D eigenvalue weighted by Crippen LogP contribution is 2.12. The molecule has 0 aliphatic rings. The van der Waals surface area contributed by atoms with E-state index in [-0.39, 0.29) is 11.9 Å². The van der Waals surface area contributed by atoms with Gasteiger partial charge in [0.05, 0.1) is 0 Å². The molecule has 0 bridgehead atoms. The van der Waals surface area contributed by atoms with Crippen molar-refractivity contribution >= 4 is 11.6 Å². The predicted molar refractivity (Wildman–Crippen MR) is 71.1 cm³/mol. The van der Waals surface area contributed by atoms with E-state index in [9.17, 15) is 4.79 Å². The van der Waals surface area contributed by atoms with Crippen LogP contribution in [0.5, 0.6) is 0 Å². The molecule has 0 heterocycles. The van der Waals surface area contributed by atoms with Gasteiger partial charge in [-0.15, -0.1) is 0 Å². The Morgan fingerprint density at radius 1 is 1.47 bits per heavy atom. The van der Waals surface area contributed by atoms with Gasteiger partial charge in [-0.2, -0.15) is 0 Å². The Bertz CT molecular complexity index is 402. The Labute approximate surface area is 103 Å². The van der Waals surface area contributed by atoms with Gasteiger partial charge in [0, 0.05) is 23.8 Å². The summed E-state index contributed by atoms with van der Waals surface area (Å²) in [6, 6.07) is 5.49. The predicted octanol–water partition coefficient (Wildman–Crippen LogP) is 1.26. The summed E-state index contributed by atoms with van der Waals surface area (Å²) in [5, 5.41) is 2.96. The van der Waals surface area contributed by atoms with Crippen LogP contribution in [-0.2, 0) is 0 Å². The second-order valence-corrected chi connectivity index (χ2v) is 4.71. The Balaban J connectivity index is 2.73. The fourth-order valence-electron chi connectivity index (χ4n) is 1.78. The first-order chi connectivity index (χ1) is 7.90. The third-order valence-corrected chi connectivity index (χ3v) is 2.52. The number of hydrogen-bond acceptors (Lipinski definition) is 3. The van der Waals surface area contributed by atoms with Gasteiger partial charge in [0.1, 0.15) is 0 Å². The average molecular weight is 235 g/mol. The summed E-state index contributed by atoms with van der Waals surface area (Å²) in [6.07, 6.45) is 0. The van der Waals surface area contributed by atoms with E-state index in [1.165, 1.54) is 0 Å².